The first-order valence-corrected chi connectivity index (χ1v) is 9.41. The van der Waals surface area contributed by atoms with Gasteiger partial charge in [-0.15, -0.1) is 0 Å². The van der Waals surface area contributed by atoms with Crippen molar-refractivity contribution in [2.75, 3.05) is 32.1 Å². The van der Waals surface area contributed by atoms with Crippen molar-refractivity contribution in [3.05, 3.63) is 58.7 Å². The molecule has 1 amide bonds. The van der Waals surface area contributed by atoms with E-state index in [4.69, 9.17) is 9.84 Å². The zero-order chi connectivity index (χ0) is 20.5. The highest BCUT2D eigenvalue weighted by molar-refractivity contribution is 6.36. The van der Waals surface area contributed by atoms with E-state index in [0.29, 0.717) is 42.1 Å². The Hall–Kier alpha value is -2.81. The molecule has 1 aromatic carbocycles. The van der Waals surface area contributed by atoms with Gasteiger partial charge in [0, 0.05) is 42.0 Å². The van der Waals surface area contributed by atoms with Gasteiger partial charge in [0.05, 0.1) is 24.0 Å². The topological polar surface area (TPSA) is 94.9 Å². The zero-order valence-corrected chi connectivity index (χ0v) is 16.0. The van der Waals surface area contributed by atoms with Crippen LogP contribution in [0.15, 0.2) is 30.3 Å². The third-order valence-electron chi connectivity index (χ3n) is 5.07. The second kappa shape index (κ2) is 7.90. The number of ether oxygens (including phenoxy) is 1. The van der Waals surface area contributed by atoms with Gasteiger partial charge in [0.15, 0.2) is 0 Å². The van der Waals surface area contributed by atoms with Gasteiger partial charge in [-0.25, -0.2) is 4.39 Å². The summed E-state index contributed by atoms with van der Waals surface area (Å²) < 4.78 is 19.5. The minimum Gasteiger partial charge on any atom is -0.486 e. The molecule has 4 rings (SSSR count). The van der Waals surface area contributed by atoms with E-state index in [9.17, 15) is 14.3 Å². The molecule has 1 unspecified atom stereocenters. The highest BCUT2D eigenvalue weighted by Gasteiger charge is 2.33. The first kappa shape index (κ1) is 19.5. The van der Waals surface area contributed by atoms with Crippen molar-refractivity contribution in [1.29, 1.82) is 0 Å². The van der Waals surface area contributed by atoms with Crippen LogP contribution in [0.3, 0.4) is 0 Å². The van der Waals surface area contributed by atoms with Crippen molar-refractivity contribution in [1.82, 2.24) is 9.88 Å². The fourth-order valence-corrected chi connectivity index (χ4v) is 3.61. The predicted molar refractivity (Wildman–Crippen MR) is 105 cm³/mol. The molecule has 1 atom stereocenters. The quantitative estimate of drug-likeness (QED) is 0.636. The molecule has 152 valence electrons. The van der Waals surface area contributed by atoms with Gasteiger partial charge in [0.25, 0.3) is 5.91 Å². The number of likely N-dealkylation sites (N-methyl/N-ethyl adjacent to an activating group) is 1. The lowest BCUT2D eigenvalue weighted by Gasteiger charge is -2.19. The van der Waals surface area contributed by atoms with Crippen molar-refractivity contribution in [2.45, 2.75) is 19.1 Å². The third-order valence-corrected chi connectivity index (χ3v) is 5.07. The minimum absolute atomic E-state index is 0.249. The van der Waals surface area contributed by atoms with Crippen LogP contribution < -0.4 is 5.32 Å². The summed E-state index contributed by atoms with van der Waals surface area (Å²) in [7, 11) is 1.87. The van der Waals surface area contributed by atoms with Gasteiger partial charge in [0.2, 0.25) is 0 Å². The largest absolute Gasteiger partial charge is 0.486 e. The molecule has 3 heterocycles. The molecule has 0 saturated heterocycles. The van der Waals surface area contributed by atoms with Crippen LogP contribution in [0.1, 0.15) is 22.5 Å². The summed E-state index contributed by atoms with van der Waals surface area (Å²) in [6.07, 6.45) is -0.0941. The number of hydrogen-bond donors (Lipinski definition) is 3. The molecule has 2 aliphatic rings. The maximum atomic E-state index is 13.7. The smallest absolute Gasteiger partial charge is 0.260 e. The first-order valence-electron chi connectivity index (χ1n) is 9.41. The Labute approximate surface area is 167 Å². The second-order valence-corrected chi connectivity index (χ2v) is 7.28. The second-order valence-electron chi connectivity index (χ2n) is 7.28. The Morgan fingerprint density at radius 3 is 2.93 bits per heavy atom. The molecular weight excluding hydrogens is 377 g/mol. The van der Waals surface area contributed by atoms with Gasteiger partial charge in [-0.1, -0.05) is 0 Å². The fraction of sp³-hybridized carbons (Fsp3) is 0.333. The number of aliphatic hydroxyl groups is 2. The predicted octanol–water partition coefficient (Wildman–Crippen LogP) is 1.40. The van der Waals surface area contributed by atoms with E-state index in [0.717, 1.165) is 17.0 Å². The molecule has 0 radical (unpaired) electrons. The maximum Gasteiger partial charge on any atom is 0.260 e. The van der Waals surface area contributed by atoms with Crippen molar-refractivity contribution < 1.29 is 24.1 Å². The van der Waals surface area contributed by atoms with Gasteiger partial charge in [-0.05, 0) is 37.4 Å². The molecule has 1 aromatic heterocycles. The molecular formula is C21H22FN3O4. The number of amides is 1. The van der Waals surface area contributed by atoms with E-state index >= 15 is 0 Å². The average Bonchev–Trinajstić information content (AvgIpc) is 3.25. The number of pyridine rings is 1. The van der Waals surface area contributed by atoms with Crippen molar-refractivity contribution >= 4 is 22.9 Å². The number of nitrogens with zero attached hydrogens (tertiary/aromatic N) is 2. The Morgan fingerprint density at radius 1 is 1.31 bits per heavy atom. The van der Waals surface area contributed by atoms with Crippen LogP contribution in [0.5, 0.6) is 0 Å². The lowest BCUT2D eigenvalue weighted by Crippen LogP contribution is -2.32. The maximum absolute atomic E-state index is 13.7. The Balaban J connectivity index is 1.56. The third kappa shape index (κ3) is 3.87. The molecule has 2 aliphatic heterocycles. The van der Waals surface area contributed by atoms with Crippen molar-refractivity contribution in [3.63, 3.8) is 0 Å². The van der Waals surface area contributed by atoms with Gasteiger partial charge in [-0.2, -0.15) is 0 Å². The molecule has 0 saturated carbocycles. The number of aliphatic hydroxyl groups excluding tert-OH is 2. The molecule has 7 nitrogen and oxygen atoms in total. The molecule has 0 aliphatic carbocycles. The van der Waals surface area contributed by atoms with Crippen molar-refractivity contribution in [3.8, 4) is 0 Å². The number of carbonyl (C=O) groups is 1. The number of nitrogens with one attached hydrogen (secondary N) is 1. The van der Waals surface area contributed by atoms with E-state index in [1.54, 1.807) is 0 Å². The zero-order valence-electron chi connectivity index (χ0n) is 16.0. The first-order chi connectivity index (χ1) is 14.0. The number of halogens is 1. The van der Waals surface area contributed by atoms with E-state index in [-0.39, 0.29) is 19.1 Å². The number of hydrogen-bond acceptors (Lipinski definition) is 6. The van der Waals surface area contributed by atoms with Gasteiger partial charge < -0.3 is 25.2 Å². The SMILES string of the molecule is CN(CCc1ccc2c(n1)CO/C2=C1\C(=O)Nc2ccc(F)cc21)CC(O)CO. The summed E-state index contributed by atoms with van der Waals surface area (Å²) >= 11 is 0. The van der Waals surface area contributed by atoms with Gasteiger partial charge in [-0.3, -0.25) is 9.78 Å². The van der Waals surface area contributed by atoms with Gasteiger partial charge >= 0.3 is 0 Å². The van der Waals surface area contributed by atoms with Crippen LogP contribution in [0.4, 0.5) is 10.1 Å². The number of fused-ring (bicyclic) bond motifs is 2. The Morgan fingerprint density at radius 2 is 2.14 bits per heavy atom. The number of aromatic nitrogens is 1. The van der Waals surface area contributed by atoms with Crippen LogP contribution in [-0.4, -0.2) is 58.9 Å². The van der Waals surface area contributed by atoms with Crippen molar-refractivity contribution in [2.24, 2.45) is 0 Å². The van der Waals surface area contributed by atoms with Crippen LogP contribution in [0.25, 0.3) is 11.3 Å². The summed E-state index contributed by atoms with van der Waals surface area (Å²) in [5, 5.41) is 21.2. The summed E-state index contributed by atoms with van der Waals surface area (Å²) in [6, 6.07) is 7.93. The van der Waals surface area contributed by atoms with Crippen LogP contribution in [-0.2, 0) is 22.6 Å². The number of rotatable bonds is 6. The van der Waals surface area contributed by atoms with Gasteiger partial charge in [0.1, 0.15) is 18.2 Å². The molecule has 2 aromatic rings. The Kier molecular flexibility index (Phi) is 5.31. The van der Waals surface area contributed by atoms with Crippen LogP contribution in [0, 0.1) is 5.82 Å². The summed E-state index contributed by atoms with van der Waals surface area (Å²) in [5.41, 5.74) is 3.72. The molecule has 3 N–H and O–H groups in total. The van der Waals surface area contributed by atoms with Crippen LogP contribution in [0.2, 0.25) is 0 Å². The Bertz CT molecular complexity index is 992. The lowest BCUT2D eigenvalue weighted by molar-refractivity contribution is -0.110. The molecule has 0 spiro atoms. The van der Waals surface area contributed by atoms with Crippen LogP contribution >= 0.6 is 0 Å². The molecule has 8 heteroatoms. The number of carbonyl (C=O) groups excluding carboxylic acids is 1. The minimum atomic E-state index is -0.763. The van der Waals surface area contributed by atoms with E-state index in [2.05, 4.69) is 10.3 Å². The summed E-state index contributed by atoms with van der Waals surface area (Å²) in [6.45, 7) is 1.04. The number of anilines is 1. The summed E-state index contributed by atoms with van der Waals surface area (Å²) in [5.74, 6) is -0.314. The summed E-state index contributed by atoms with van der Waals surface area (Å²) in [4.78, 5) is 19.0. The highest BCUT2D eigenvalue weighted by Crippen LogP contribution is 2.41. The van der Waals surface area contributed by atoms with E-state index in [1.807, 2.05) is 24.1 Å². The van der Waals surface area contributed by atoms with E-state index < -0.39 is 11.9 Å². The molecule has 0 bridgehead atoms. The standard InChI is InChI=1S/C21H22FN3O4/c1-25(9-14(27)10-26)7-6-13-3-4-15-18(23-13)11-29-20(15)19-16-8-12(22)2-5-17(16)24-21(19)28/h2-5,8,14,26-27H,6-7,9-11H2,1H3,(H,24,28)/b20-19-. The number of benzene rings is 1. The molecule has 0 fully saturated rings. The highest BCUT2D eigenvalue weighted by atomic mass is 19.1. The van der Waals surface area contributed by atoms with E-state index in [1.165, 1.54) is 18.2 Å². The molecule has 29 heavy (non-hydrogen) atoms. The normalized spacial score (nSPS) is 18.4. The fourth-order valence-electron chi connectivity index (χ4n) is 3.61. The lowest BCUT2D eigenvalue weighted by atomic mass is 10.0. The average molecular weight is 399 g/mol. The monoisotopic (exact) mass is 399 g/mol.